The van der Waals surface area contributed by atoms with Crippen LogP contribution in [0.3, 0.4) is 0 Å². The topological polar surface area (TPSA) is 29.5 Å². The van der Waals surface area contributed by atoms with Crippen LogP contribution >= 0.6 is 11.6 Å². The number of hydrogen-bond donors (Lipinski definition) is 1. The molecule has 0 fully saturated rings. The normalized spacial score (nSPS) is 12.2. The maximum atomic E-state index is 9.77. The predicted octanol–water partition coefficient (Wildman–Crippen LogP) is 5.19. The van der Waals surface area contributed by atoms with Gasteiger partial charge in [0.2, 0.25) is 0 Å². The van der Waals surface area contributed by atoms with E-state index in [9.17, 15) is 5.11 Å². The molecule has 2 rings (SSSR count). The van der Waals surface area contributed by atoms with Gasteiger partial charge in [-0.3, -0.25) is 0 Å². The molecule has 2 nitrogen and oxygen atoms in total. The molecule has 0 heterocycles. The molecule has 0 aliphatic carbocycles. The fraction of sp³-hybridized carbons (Fsp3) is 0.294. The Hall–Kier alpha value is -1.51. The number of rotatable bonds is 4. The number of aliphatic hydroxyl groups is 1. The smallest absolute Gasteiger partial charge is 0.133 e. The van der Waals surface area contributed by atoms with Crippen molar-refractivity contribution in [2.45, 2.75) is 33.3 Å². The molecule has 1 atom stereocenters. The molecule has 3 heteroatoms. The van der Waals surface area contributed by atoms with Crippen LogP contribution in [0.4, 0.5) is 0 Å². The average Bonchev–Trinajstić information content (AvgIpc) is 2.42. The molecule has 2 aromatic carbocycles. The monoisotopic (exact) mass is 290 g/mol. The maximum absolute atomic E-state index is 9.77. The first kappa shape index (κ1) is 14.9. The third kappa shape index (κ3) is 3.33. The van der Waals surface area contributed by atoms with Crippen molar-refractivity contribution in [2.24, 2.45) is 0 Å². The summed E-state index contributed by atoms with van der Waals surface area (Å²) in [6, 6.07) is 11.3. The highest BCUT2D eigenvalue weighted by Gasteiger charge is 2.08. The van der Waals surface area contributed by atoms with Crippen molar-refractivity contribution >= 4 is 11.6 Å². The van der Waals surface area contributed by atoms with Crippen LogP contribution in [-0.2, 0) is 0 Å². The zero-order valence-corrected chi connectivity index (χ0v) is 12.7. The van der Waals surface area contributed by atoms with Crippen molar-refractivity contribution in [1.82, 2.24) is 0 Å². The highest BCUT2D eigenvalue weighted by molar-refractivity contribution is 6.30. The lowest BCUT2D eigenvalue weighted by Crippen LogP contribution is -1.95. The van der Waals surface area contributed by atoms with Crippen molar-refractivity contribution in [3.05, 3.63) is 58.1 Å². The summed E-state index contributed by atoms with van der Waals surface area (Å²) in [6.07, 6.45) is 0.290. The lowest BCUT2D eigenvalue weighted by molar-refractivity contribution is 0.173. The van der Waals surface area contributed by atoms with Crippen molar-refractivity contribution in [2.75, 3.05) is 0 Å². The fourth-order valence-corrected chi connectivity index (χ4v) is 2.50. The highest BCUT2D eigenvalue weighted by atomic mass is 35.5. The second kappa shape index (κ2) is 6.29. The van der Waals surface area contributed by atoms with E-state index in [1.165, 1.54) is 0 Å². The number of benzene rings is 2. The van der Waals surface area contributed by atoms with Gasteiger partial charge in [0.25, 0.3) is 0 Å². The summed E-state index contributed by atoms with van der Waals surface area (Å²) in [6.45, 7) is 5.91. The van der Waals surface area contributed by atoms with Crippen LogP contribution in [-0.4, -0.2) is 5.11 Å². The Balaban J connectivity index is 2.23. The van der Waals surface area contributed by atoms with Crippen LogP contribution < -0.4 is 4.74 Å². The van der Waals surface area contributed by atoms with E-state index in [2.05, 4.69) is 0 Å². The van der Waals surface area contributed by atoms with Crippen LogP contribution in [0.5, 0.6) is 11.5 Å². The molecule has 2 aromatic rings. The maximum Gasteiger partial charge on any atom is 0.133 e. The zero-order valence-electron chi connectivity index (χ0n) is 12.0. The number of aliphatic hydroxyl groups excluding tert-OH is 1. The molecule has 0 aliphatic heterocycles. The van der Waals surface area contributed by atoms with Gasteiger partial charge >= 0.3 is 0 Å². The van der Waals surface area contributed by atoms with Gasteiger partial charge in [-0.05, 0) is 61.2 Å². The van der Waals surface area contributed by atoms with Crippen LogP contribution in [0.15, 0.2) is 36.4 Å². The predicted molar refractivity (Wildman–Crippen MR) is 82.7 cm³/mol. The van der Waals surface area contributed by atoms with Crippen LogP contribution in [0.1, 0.15) is 36.1 Å². The molecule has 0 saturated carbocycles. The summed E-state index contributed by atoms with van der Waals surface area (Å²) in [7, 11) is 0. The van der Waals surface area contributed by atoms with E-state index >= 15 is 0 Å². The summed E-state index contributed by atoms with van der Waals surface area (Å²) < 4.78 is 5.92. The van der Waals surface area contributed by atoms with Gasteiger partial charge in [0, 0.05) is 5.02 Å². The molecular weight excluding hydrogens is 272 g/mol. The fourth-order valence-electron chi connectivity index (χ4n) is 2.17. The van der Waals surface area contributed by atoms with Crippen molar-refractivity contribution < 1.29 is 9.84 Å². The zero-order chi connectivity index (χ0) is 14.7. The first-order chi connectivity index (χ1) is 9.51. The molecule has 0 saturated heterocycles. The minimum absolute atomic E-state index is 0.414. The molecule has 0 unspecified atom stereocenters. The second-order valence-electron chi connectivity index (χ2n) is 4.96. The Kier molecular flexibility index (Phi) is 4.69. The number of aryl methyl sites for hydroxylation is 2. The van der Waals surface area contributed by atoms with Gasteiger partial charge in [-0.25, -0.2) is 0 Å². The number of ether oxygens (including phenoxy) is 1. The average molecular weight is 291 g/mol. The summed E-state index contributed by atoms with van der Waals surface area (Å²) in [5, 5.41) is 10.5. The van der Waals surface area contributed by atoms with Gasteiger partial charge < -0.3 is 9.84 Å². The molecule has 0 aliphatic rings. The lowest BCUT2D eigenvalue weighted by Gasteiger charge is -2.13. The SMILES string of the molecule is CC[C@H](O)c1ccc(Oc2c(C)cc(Cl)cc2C)cc1. The molecule has 0 radical (unpaired) electrons. The Morgan fingerprint density at radius 2 is 1.65 bits per heavy atom. The number of hydrogen-bond acceptors (Lipinski definition) is 2. The van der Waals surface area contributed by atoms with Gasteiger partial charge in [-0.1, -0.05) is 30.7 Å². The first-order valence-corrected chi connectivity index (χ1v) is 7.11. The summed E-state index contributed by atoms with van der Waals surface area (Å²) in [5.41, 5.74) is 2.92. The third-order valence-corrected chi connectivity index (χ3v) is 3.51. The standard InChI is InChI=1S/C17H19ClO2/c1-4-16(19)13-5-7-15(8-6-13)20-17-11(2)9-14(18)10-12(17)3/h5-10,16,19H,4H2,1-3H3/t16-/m0/s1. The van der Waals surface area contributed by atoms with Gasteiger partial charge in [-0.2, -0.15) is 0 Å². The van der Waals surface area contributed by atoms with Gasteiger partial charge in [0.15, 0.2) is 0 Å². The Morgan fingerprint density at radius 3 is 2.15 bits per heavy atom. The molecular formula is C17H19ClO2. The summed E-state index contributed by atoms with van der Waals surface area (Å²) in [4.78, 5) is 0. The summed E-state index contributed by atoms with van der Waals surface area (Å²) in [5.74, 6) is 1.59. The molecule has 1 N–H and O–H groups in total. The van der Waals surface area contributed by atoms with E-state index in [0.717, 1.165) is 28.2 Å². The van der Waals surface area contributed by atoms with Crippen molar-refractivity contribution in [3.63, 3.8) is 0 Å². The van der Waals surface area contributed by atoms with Gasteiger partial charge in [0.1, 0.15) is 11.5 Å². The first-order valence-electron chi connectivity index (χ1n) is 6.74. The molecule has 0 bridgehead atoms. The Bertz CT molecular complexity index is 567. The van der Waals surface area contributed by atoms with Gasteiger partial charge in [-0.15, -0.1) is 0 Å². The molecule has 0 amide bonds. The van der Waals surface area contributed by atoms with E-state index in [0.29, 0.717) is 11.4 Å². The van der Waals surface area contributed by atoms with Crippen molar-refractivity contribution in [3.8, 4) is 11.5 Å². The van der Waals surface area contributed by atoms with Crippen LogP contribution in [0.2, 0.25) is 5.02 Å². The minimum atomic E-state index is -0.414. The van der Waals surface area contributed by atoms with Crippen molar-refractivity contribution in [1.29, 1.82) is 0 Å². The van der Waals surface area contributed by atoms with E-state index in [-0.39, 0.29) is 0 Å². The second-order valence-corrected chi connectivity index (χ2v) is 5.40. The van der Waals surface area contributed by atoms with E-state index in [1.807, 2.05) is 57.2 Å². The third-order valence-electron chi connectivity index (χ3n) is 3.30. The molecule has 20 heavy (non-hydrogen) atoms. The van der Waals surface area contributed by atoms with E-state index in [4.69, 9.17) is 16.3 Å². The molecule has 0 spiro atoms. The van der Waals surface area contributed by atoms with E-state index in [1.54, 1.807) is 0 Å². The van der Waals surface area contributed by atoms with E-state index < -0.39 is 6.10 Å². The van der Waals surface area contributed by atoms with Gasteiger partial charge in [0.05, 0.1) is 6.10 Å². The quantitative estimate of drug-likeness (QED) is 0.839. The van der Waals surface area contributed by atoms with Crippen LogP contribution in [0, 0.1) is 13.8 Å². The minimum Gasteiger partial charge on any atom is -0.457 e. The Morgan fingerprint density at radius 1 is 1.10 bits per heavy atom. The Labute approximate surface area is 125 Å². The number of halogens is 1. The highest BCUT2D eigenvalue weighted by Crippen LogP contribution is 2.31. The molecule has 106 valence electrons. The van der Waals surface area contributed by atoms with Crippen LogP contribution in [0.25, 0.3) is 0 Å². The summed E-state index contributed by atoms with van der Waals surface area (Å²) >= 11 is 6.01. The molecule has 0 aromatic heterocycles. The lowest BCUT2D eigenvalue weighted by atomic mass is 10.1. The largest absolute Gasteiger partial charge is 0.457 e.